The summed E-state index contributed by atoms with van der Waals surface area (Å²) in [5, 5.41) is 1.00. The van der Waals surface area contributed by atoms with Crippen LogP contribution in [-0.4, -0.2) is 61.1 Å². The molecule has 1 fully saturated rings. The molecule has 0 radical (unpaired) electrons. The summed E-state index contributed by atoms with van der Waals surface area (Å²) in [5.41, 5.74) is 1.37. The number of hydrogen-bond acceptors (Lipinski definition) is 3. The average Bonchev–Trinajstić information content (AvgIpc) is 2.40. The molecule has 0 bridgehead atoms. The van der Waals surface area contributed by atoms with Gasteiger partial charge in [0.2, 0.25) is 0 Å². The number of likely N-dealkylation sites (N-methyl/N-ethyl adjacent to an activating group) is 1. The standard InChI is InChI=1S/C15H23BrN2O/c1-17-9-10-19-15(12-17)13-18(8-7-16)11-14-5-3-2-4-6-14/h2-6,15H,7-13H2,1H3. The fraction of sp³-hybridized carbons (Fsp3) is 0.600. The minimum atomic E-state index is 0.335. The summed E-state index contributed by atoms with van der Waals surface area (Å²) in [5.74, 6) is 0. The van der Waals surface area contributed by atoms with Gasteiger partial charge in [0, 0.05) is 38.1 Å². The van der Waals surface area contributed by atoms with Crippen molar-refractivity contribution in [2.45, 2.75) is 12.6 Å². The van der Waals surface area contributed by atoms with Crippen LogP contribution in [0.5, 0.6) is 0 Å². The van der Waals surface area contributed by atoms with Crippen LogP contribution < -0.4 is 0 Å². The molecule has 0 saturated carbocycles. The highest BCUT2D eigenvalue weighted by molar-refractivity contribution is 9.09. The summed E-state index contributed by atoms with van der Waals surface area (Å²) in [7, 11) is 2.17. The van der Waals surface area contributed by atoms with Gasteiger partial charge < -0.3 is 9.64 Å². The van der Waals surface area contributed by atoms with Crippen molar-refractivity contribution < 1.29 is 4.74 Å². The lowest BCUT2D eigenvalue weighted by Crippen LogP contribution is -2.46. The maximum Gasteiger partial charge on any atom is 0.0829 e. The molecular weight excluding hydrogens is 304 g/mol. The van der Waals surface area contributed by atoms with Crippen molar-refractivity contribution in [1.82, 2.24) is 9.80 Å². The van der Waals surface area contributed by atoms with Crippen LogP contribution in [0.3, 0.4) is 0 Å². The number of benzene rings is 1. The lowest BCUT2D eigenvalue weighted by atomic mass is 10.2. The number of halogens is 1. The van der Waals surface area contributed by atoms with E-state index in [2.05, 4.69) is 63.1 Å². The van der Waals surface area contributed by atoms with Crippen molar-refractivity contribution in [2.75, 3.05) is 45.2 Å². The molecule has 1 atom stereocenters. The Kier molecular flexibility index (Phi) is 6.31. The first kappa shape index (κ1) is 15.0. The zero-order chi connectivity index (χ0) is 13.5. The number of morpholine rings is 1. The molecule has 106 valence electrons. The fourth-order valence-electron chi connectivity index (χ4n) is 2.46. The Morgan fingerprint density at radius 3 is 2.84 bits per heavy atom. The molecule has 2 rings (SSSR count). The predicted octanol–water partition coefficient (Wildman–Crippen LogP) is 2.21. The zero-order valence-electron chi connectivity index (χ0n) is 11.6. The molecule has 0 aliphatic carbocycles. The molecule has 0 N–H and O–H groups in total. The van der Waals surface area contributed by atoms with Crippen LogP contribution in [0.15, 0.2) is 30.3 Å². The van der Waals surface area contributed by atoms with E-state index in [9.17, 15) is 0 Å². The molecular formula is C15H23BrN2O. The van der Waals surface area contributed by atoms with E-state index in [0.717, 1.165) is 44.7 Å². The minimum Gasteiger partial charge on any atom is -0.374 e. The molecule has 1 aliphatic heterocycles. The van der Waals surface area contributed by atoms with Gasteiger partial charge >= 0.3 is 0 Å². The van der Waals surface area contributed by atoms with Gasteiger partial charge in [-0.25, -0.2) is 0 Å². The number of ether oxygens (including phenoxy) is 1. The van der Waals surface area contributed by atoms with Gasteiger partial charge in [-0.1, -0.05) is 46.3 Å². The van der Waals surface area contributed by atoms with Crippen molar-refractivity contribution in [3.63, 3.8) is 0 Å². The second-order valence-electron chi connectivity index (χ2n) is 5.16. The molecule has 1 aromatic rings. The van der Waals surface area contributed by atoms with Gasteiger partial charge in [0.15, 0.2) is 0 Å². The Morgan fingerprint density at radius 2 is 2.16 bits per heavy atom. The third-order valence-corrected chi connectivity index (χ3v) is 3.81. The largest absolute Gasteiger partial charge is 0.374 e. The van der Waals surface area contributed by atoms with E-state index in [0.29, 0.717) is 6.10 Å². The van der Waals surface area contributed by atoms with Gasteiger partial charge in [0.05, 0.1) is 12.7 Å². The van der Waals surface area contributed by atoms with Gasteiger partial charge in [-0.3, -0.25) is 4.90 Å². The minimum absolute atomic E-state index is 0.335. The monoisotopic (exact) mass is 326 g/mol. The SMILES string of the molecule is CN1CCOC(CN(CCBr)Cc2ccccc2)C1. The molecule has 4 heteroatoms. The third kappa shape index (κ3) is 5.22. The van der Waals surface area contributed by atoms with Crippen LogP contribution in [0.25, 0.3) is 0 Å². The maximum atomic E-state index is 5.86. The summed E-state index contributed by atoms with van der Waals surface area (Å²) in [6.45, 7) is 6.00. The molecule has 0 spiro atoms. The molecule has 1 aliphatic rings. The lowest BCUT2D eigenvalue weighted by Gasteiger charge is -2.33. The average molecular weight is 327 g/mol. The van der Waals surface area contributed by atoms with Crippen LogP contribution in [0.4, 0.5) is 0 Å². The summed E-state index contributed by atoms with van der Waals surface area (Å²) in [6.07, 6.45) is 0.335. The fourth-order valence-corrected chi connectivity index (χ4v) is 2.96. The highest BCUT2D eigenvalue weighted by Gasteiger charge is 2.20. The van der Waals surface area contributed by atoms with Crippen molar-refractivity contribution in [3.8, 4) is 0 Å². The molecule has 1 unspecified atom stereocenters. The zero-order valence-corrected chi connectivity index (χ0v) is 13.2. The smallest absolute Gasteiger partial charge is 0.0829 e. The topological polar surface area (TPSA) is 15.7 Å². The second kappa shape index (κ2) is 8.00. The van der Waals surface area contributed by atoms with E-state index in [1.807, 2.05) is 0 Å². The van der Waals surface area contributed by atoms with Crippen LogP contribution in [-0.2, 0) is 11.3 Å². The molecule has 0 aromatic heterocycles. The molecule has 1 aromatic carbocycles. The first-order valence-electron chi connectivity index (χ1n) is 6.90. The van der Waals surface area contributed by atoms with Crippen molar-refractivity contribution in [2.24, 2.45) is 0 Å². The van der Waals surface area contributed by atoms with Crippen LogP contribution in [0.2, 0.25) is 0 Å². The Bertz CT molecular complexity index is 360. The summed E-state index contributed by atoms with van der Waals surface area (Å²) >= 11 is 3.55. The Balaban J connectivity index is 1.88. The Hall–Kier alpha value is -0.420. The quantitative estimate of drug-likeness (QED) is 0.745. The number of rotatable bonds is 6. The van der Waals surface area contributed by atoms with Crippen LogP contribution >= 0.6 is 15.9 Å². The lowest BCUT2D eigenvalue weighted by molar-refractivity contribution is -0.0358. The Labute approximate surface area is 124 Å². The van der Waals surface area contributed by atoms with E-state index in [1.165, 1.54) is 5.56 Å². The predicted molar refractivity (Wildman–Crippen MR) is 82.8 cm³/mol. The number of hydrogen-bond donors (Lipinski definition) is 0. The van der Waals surface area contributed by atoms with Crippen LogP contribution in [0.1, 0.15) is 5.56 Å². The number of nitrogens with zero attached hydrogens (tertiary/aromatic N) is 2. The third-order valence-electron chi connectivity index (χ3n) is 3.45. The van der Waals surface area contributed by atoms with Gasteiger partial charge in [0.25, 0.3) is 0 Å². The van der Waals surface area contributed by atoms with Gasteiger partial charge in [-0.15, -0.1) is 0 Å². The maximum absolute atomic E-state index is 5.86. The molecule has 0 amide bonds. The van der Waals surface area contributed by atoms with Crippen molar-refractivity contribution in [1.29, 1.82) is 0 Å². The van der Waals surface area contributed by atoms with Gasteiger partial charge in [0.1, 0.15) is 0 Å². The molecule has 19 heavy (non-hydrogen) atoms. The number of alkyl halides is 1. The highest BCUT2D eigenvalue weighted by Crippen LogP contribution is 2.10. The Morgan fingerprint density at radius 1 is 1.37 bits per heavy atom. The highest BCUT2D eigenvalue weighted by atomic mass is 79.9. The molecule has 1 heterocycles. The second-order valence-corrected chi connectivity index (χ2v) is 5.96. The first-order chi connectivity index (χ1) is 9.28. The molecule has 1 saturated heterocycles. The molecule has 3 nitrogen and oxygen atoms in total. The van der Waals surface area contributed by atoms with E-state index in [4.69, 9.17) is 4.74 Å². The van der Waals surface area contributed by atoms with Crippen molar-refractivity contribution in [3.05, 3.63) is 35.9 Å². The van der Waals surface area contributed by atoms with Gasteiger partial charge in [-0.05, 0) is 12.6 Å². The van der Waals surface area contributed by atoms with E-state index in [1.54, 1.807) is 0 Å². The first-order valence-corrected chi connectivity index (χ1v) is 8.02. The van der Waals surface area contributed by atoms with Crippen molar-refractivity contribution >= 4 is 15.9 Å². The van der Waals surface area contributed by atoms with E-state index >= 15 is 0 Å². The van der Waals surface area contributed by atoms with E-state index in [-0.39, 0.29) is 0 Å². The van der Waals surface area contributed by atoms with E-state index < -0.39 is 0 Å². The summed E-state index contributed by atoms with van der Waals surface area (Å²) in [4.78, 5) is 4.82. The normalized spacial score (nSPS) is 20.9. The van der Waals surface area contributed by atoms with Gasteiger partial charge in [-0.2, -0.15) is 0 Å². The summed E-state index contributed by atoms with van der Waals surface area (Å²) in [6, 6.07) is 10.7. The van der Waals surface area contributed by atoms with Crippen LogP contribution in [0, 0.1) is 0 Å². The summed E-state index contributed by atoms with van der Waals surface area (Å²) < 4.78 is 5.86.